The van der Waals surface area contributed by atoms with Gasteiger partial charge in [-0.3, -0.25) is 14.3 Å². The molecule has 1 N–H and O–H groups in total. The van der Waals surface area contributed by atoms with Crippen LogP contribution in [0.5, 0.6) is 0 Å². The molecular weight excluding hydrogens is 346 g/mol. The minimum atomic E-state index is -0.152. The van der Waals surface area contributed by atoms with E-state index in [4.69, 9.17) is 4.52 Å². The summed E-state index contributed by atoms with van der Waals surface area (Å²) in [4.78, 5) is 26.8. The topological polar surface area (TPSA) is 93.3 Å². The molecule has 2 amide bonds. The van der Waals surface area contributed by atoms with Crippen LogP contribution in [-0.2, 0) is 17.8 Å². The summed E-state index contributed by atoms with van der Waals surface area (Å²) in [6, 6.07) is 0. The van der Waals surface area contributed by atoms with E-state index in [1.54, 1.807) is 4.90 Å². The van der Waals surface area contributed by atoms with Crippen molar-refractivity contribution < 1.29 is 14.1 Å². The zero-order valence-corrected chi connectivity index (χ0v) is 16.6. The van der Waals surface area contributed by atoms with E-state index in [0.717, 1.165) is 35.0 Å². The van der Waals surface area contributed by atoms with Crippen LogP contribution in [0.3, 0.4) is 0 Å². The molecule has 8 nitrogen and oxygen atoms in total. The van der Waals surface area contributed by atoms with Crippen molar-refractivity contribution in [1.29, 1.82) is 0 Å². The highest BCUT2D eigenvalue weighted by molar-refractivity contribution is 5.98. The molecule has 3 rings (SSSR count). The molecule has 1 aliphatic heterocycles. The monoisotopic (exact) mass is 373 g/mol. The predicted octanol–water partition coefficient (Wildman–Crippen LogP) is 1.56. The number of carbonyl (C=O) groups excluding carboxylic acids is 2. The van der Waals surface area contributed by atoms with E-state index in [-0.39, 0.29) is 17.7 Å². The Labute approximate surface area is 158 Å². The molecule has 0 spiro atoms. The number of carbonyl (C=O) groups is 2. The van der Waals surface area contributed by atoms with Gasteiger partial charge in [-0.25, -0.2) is 0 Å². The molecule has 0 bridgehead atoms. The first-order valence-corrected chi connectivity index (χ1v) is 9.36. The molecule has 2 aromatic rings. The van der Waals surface area contributed by atoms with Gasteiger partial charge in [0, 0.05) is 37.4 Å². The van der Waals surface area contributed by atoms with Crippen LogP contribution in [0, 0.1) is 33.6 Å². The van der Waals surface area contributed by atoms with E-state index in [0.29, 0.717) is 31.6 Å². The molecule has 1 saturated heterocycles. The number of aryl methyl sites for hydroxylation is 4. The second-order valence-corrected chi connectivity index (χ2v) is 7.11. The first-order chi connectivity index (χ1) is 12.8. The van der Waals surface area contributed by atoms with Crippen molar-refractivity contribution in [3.8, 4) is 0 Å². The van der Waals surface area contributed by atoms with Gasteiger partial charge in [0.15, 0.2) is 0 Å². The molecule has 0 saturated carbocycles. The number of hydrogen-bond acceptors (Lipinski definition) is 5. The minimum Gasteiger partial charge on any atom is -0.361 e. The van der Waals surface area contributed by atoms with Crippen molar-refractivity contribution in [3.05, 3.63) is 34.0 Å². The first kappa shape index (κ1) is 19.1. The van der Waals surface area contributed by atoms with Gasteiger partial charge in [-0.1, -0.05) is 5.16 Å². The van der Waals surface area contributed by atoms with Crippen LogP contribution < -0.4 is 5.32 Å². The van der Waals surface area contributed by atoms with Crippen molar-refractivity contribution >= 4 is 11.8 Å². The summed E-state index contributed by atoms with van der Waals surface area (Å²) in [5, 5.41) is 11.3. The lowest BCUT2D eigenvalue weighted by Crippen LogP contribution is -2.56. The Hall–Kier alpha value is -2.64. The molecule has 2 aromatic heterocycles. The fourth-order valence-corrected chi connectivity index (χ4v) is 3.60. The maximum atomic E-state index is 12.7. The Morgan fingerprint density at radius 3 is 2.44 bits per heavy atom. The van der Waals surface area contributed by atoms with Gasteiger partial charge in [-0.2, -0.15) is 5.10 Å². The molecule has 3 heterocycles. The molecule has 146 valence electrons. The molecule has 0 atom stereocenters. The zero-order valence-electron chi connectivity index (χ0n) is 16.6. The third-order valence-corrected chi connectivity index (χ3v) is 5.29. The molecule has 0 unspecified atom stereocenters. The third-order valence-electron chi connectivity index (χ3n) is 5.29. The lowest BCUT2D eigenvalue weighted by atomic mass is 9.97. The lowest BCUT2D eigenvalue weighted by Gasteiger charge is -2.38. The van der Waals surface area contributed by atoms with Crippen molar-refractivity contribution in [2.75, 3.05) is 19.6 Å². The summed E-state index contributed by atoms with van der Waals surface area (Å²) < 4.78 is 6.96. The van der Waals surface area contributed by atoms with Crippen LogP contribution in [0.25, 0.3) is 0 Å². The summed E-state index contributed by atoms with van der Waals surface area (Å²) in [5.41, 5.74) is 4.19. The molecule has 1 fully saturated rings. The summed E-state index contributed by atoms with van der Waals surface area (Å²) in [6.07, 6.45) is 0.691. The van der Waals surface area contributed by atoms with Crippen LogP contribution in [0.15, 0.2) is 4.52 Å². The van der Waals surface area contributed by atoms with E-state index in [9.17, 15) is 9.59 Å². The maximum absolute atomic E-state index is 12.7. The molecule has 1 aliphatic rings. The van der Waals surface area contributed by atoms with E-state index in [2.05, 4.69) is 15.6 Å². The Bertz CT molecular complexity index is 842. The minimum absolute atomic E-state index is 0.0106. The van der Waals surface area contributed by atoms with Gasteiger partial charge < -0.3 is 14.7 Å². The zero-order chi connectivity index (χ0) is 19.7. The molecule has 27 heavy (non-hydrogen) atoms. The van der Waals surface area contributed by atoms with E-state index >= 15 is 0 Å². The van der Waals surface area contributed by atoms with Crippen molar-refractivity contribution in [2.24, 2.45) is 5.92 Å². The quantitative estimate of drug-likeness (QED) is 0.829. The number of hydrogen-bond donors (Lipinski definition) is 1. The van der Waals surface area contributed by atoms with Crippen molar-refractivity contribution in [2.45, 2.75) is 47.6 Å². The van der Waals surface area contributed by atoms with Gasteiger partial charge in [-0.15, -0.1) is 0 Å². The fraction of sp³-hybridized carbons (Fsp3) is 0.579. The van der Waals surface area contributed by atoms with Crippen molar-refractivity contribution in [1.82, 2.24) is 25.2 Å². The summed E-state index contributed by atoms with van der Waals surface area (Å²) >= 11 is 0. The Morgan fingerprint density at radius 1 is 1.19 bits per heavy atom. The molecule has 0 aromatic carbocycles. The van der Waals surface area contributed by atoms with E-state index < -0.39 is 0 Å². The Kier molecular flexibility index (Phi) is 5.34. The molecule has 0 aliphatic carbocycles. The van der Waals surface area contributed by atoms with E-state index in [1.807, 2.05) is 39.3 Å². The summed E-state index contributed by atoms with van der Waals surface area (Å²) in [5.74, 6) is 0.592. The number of nitrogens with zero attached hydrogens (tertiary/aromatic N) is 4. The number of rotatable bonds is 6. The highest BCUT2D eigenvalue weighted by Crippen LogP contribution is 2.22. The second kappa shape index (κ2) is 7.54. The largest absolute Gasteiger partial charge is 0.361 e. The lowest BCUT2D eigenvalue weighted by molar-refractivity contribution is -0.128. The van der Waals surface area contributed by atoms with Gasteiger partial charge in [0.25, 0.3) is 5.91 Å². The Morgan fingerprint density at radius 2 is 1.89 bits per heavy atom. The standard InChI is InChI=1S/C19H27N5O3/c1-6-24-13(4)17(12(3)21-24)19(26)23-9-15(10-23)18(25)20-8-7-16-11(2)22-27-14(16)5/h15H,6-10H2,1-5H3,(H,20,25). The molecule has 8 heteroatoms. The van der Waals surface area contributed by atoms with E-state index in [1.165, 1.54) is 0 Å². The van der Waals surface area contributed by atoms with Crippen LogP contribution in [-0.4, -0.2) is 51.3 Å². The fourth-order valence-electron chi connectivity index (χ4n) is 3.60. The highest BCUT2D eigenvalue weighted by Gasteiger charge is 2.37. The SMILES string of the molecule is CCn1nc(C)c(C(=O)N2CC(C(=O)NCCc3c(C)noc3C)C2)c1C. The number of aromatic nitrogens is 3. The van der Waals surface area contributed by atoms with Gasteiger partial charge in [-0.05, 0) is 41.0 Å². The number of nitrogens with one attached hydrogen (secondary N) is 1. The van der Waals surface area contributed by atoms with Crippen LogP contribution in [0.4, 0.5) is 0 Å². The number of amides is 2. The smallest absolute Gasteiger partial charge is 0.257 e. The average Bonchev–Trinajstić information content (AvgIpc) is 3.05. The number of likely N-dealkylation sites (tertiary alicyclic amines) is 1. The van der Waals surface area contributed by atoms with Gasteiger partial charge >= 0.3 is 0 Å². The van der Waals surface area contributed by atoms with Gasteiger partial charge in [0.2, 0.25) is 5.91 Å². The molecular formula is C19H27N5O3. The molecule has 0 radical (unpaired) electrons. The predicted molar refractivity (Wildman–Crippen MR) is 99.5 cm³/mol. The normalized spacial score (nSPS) is 14.3. The summed E-state index contributed by atoms with van der Waals surface area (Å²) in [7, 11) is 0. The van der Waals surface area contributed by atoms with Crippen molar-refractivity contribution in [3.63, 3.8) is 0 Å². The van der Waals surface area contributed by atoms with Gasteiger partial charge in [0.1, 0.15) is 5.76 Å². The average molecular weight is 373 g/mol. The third kappa shape index (κ3) is 3.61. The van der Waals surface area contributed by atoms with Crippen LogP contribution >= 0.6 is 0 Å². The second-order valence-electron chi connectivity index (χ2n) is 7.11. The Balaban J connectivity index is 1.49. The maximum Gasteiger partial charge on any atom is 0.257 e. The summed E-state index contributed by atoms with van der Waals surface area (Å²) in [6.45, 7) is 11.7. The highest BCUT2D eigenvalue weighted by atomic mass is 16.5. The van der Waals surface area contributed by atoms with Crippen LogP contribution in [0.2, 0.25) is 0 Å². The van der Waals surface area contributed by atoms with Crippen LogP contribution in [0.1, 0.15) is 45.7 Å². The first-order valence-electron chi connectivity index (χ1n) is 9.36. The van der Waals surface area contributed by atoms with Gasteiger partial charge in [0.05, 0.1) is 22.9 Å².